The predicted octanol–water partition coefficient (Wildman–Crippen LogP) is 3.44. The van der Waals surface area contributed by atoms with Crippen molar-refractivity contribution in [3.8, 4) is 17.1 Å². The molecule has 2 aromatic carbocycles. The third kappa shape index (κ3) is 4.02. The van der Waals surface area contributed by atoms with Crippen LogP contribution in [-0.4, -0.2) is 42.6 Å². The molecule has 0 unspecified atom stereocenters. The average Bonchev–Trinajstić information content (AvgIpc) is 3.14. The lowest BCUT2D eigenvalue weighted by Gasteiger charge is -2.17. The second-order valence-corrected chi connectivity index (χ2v) is 9.32. The molecule has 0 saturated heterocycles. The molecule has 0 bridgehead atoms. The number of benzene rings is 2. The topological polar surface area (TPSA) is 132 Å². The SMILES string of the molecule is COc1ncc(-c2ccc3c(c2)oc2ccc(S(=O)(=O)N[C@@H](C(=O)O)C(C)C)cc23)cn1. The highest BCUT2D eigenvalue weighted by Gasteiger charge is 2.28. The first-order valence-corrected chi connectivity index (χ1v) is 11.3. The van der Waals surface area contributed by atoms with E-state index in [1.807, 2.05) is 18.2 Å². The summed E-state index contributed by atoms with van der Waals surface area (Å²) in [5, 5.41) is 10.7. The zero-order valence-electron chi connectivity index (χ0n) is 17.6. The molecular weight excluding hydrogens is 434 g/mol. The number of aromatic nitrogens is 2. The van der Waals surface area contributed by atoms with Gasteiger partial charge in [0, 0.05) is 28.7 Å². The highest BCUT2D eigenvalue weighted by atomic mass is 32.2. The summed E-state index contributed by atoms with van der Waals surface area (Å²) in [4.78, 5) is 19.6. The Balaban J connectivity index is 1.73. The molecule has 9 nitrogen and oxygen atoms in total. The van der Waals surface area contributed by atoms with Crippen LogP contribution in [0.1, 0.15) is 13.8 Å². The monoisotopic (exact) mass is 455 g/mol. The fraction of sp³-hybridized carbons (Fsp3) is 0.227. The van der Waals surface area contributed by atoms with E-state index in [2.05, 4.69) is 14.7 Å². The van der Waals surface area contributed by atoms with Gasteiger partial charge in [-0.3, -0.25) is 4.79 Å². The lowest BCUT2D eigenvalue weighted by Crippen LogP contribution is -2.44. The number of hydrogen-bond donors (Lipinski definition) is 2. The molecule has 0 spiro atoms. The van der Waals surface area contributed by atoms with Crippen LogP contribution in [0.4, 0.5) is 0 Å². The van der Waals surface area contributed by atoms with Gasteiger partial charge in [0.15, 0.2) is 0 Å². The number of ether oxygens (including phenoxy) is 1. The van der Waals surface area contributed by atoms with Crippen molar-refractivity contribution in [3.05, 3.63) is 48.8 Å². The van der Waals surface area contributed by atoms with Crippen molar-refractivity contribution < 1.29 is 27.5 Å². The maximum Gasteiger partial charge on any atom is 0.322 e. The van der Waals surface area contributed by atoms with E-state index in [0.29, 0.717) is 16.6 Å². The number of rotatable bonds is 7. The Morgan fingerprint density at radius 1 is 1.03 bits per heavy atom. The molecule has 0 fully saturated rings. The number of aliphatic carboxylic acids is 1. The van der Waals surface area contributed by atoms with E-state index in [4.69, 9.17) is 9.15 Å². The normalized spacial score (nSPS) is 13.0. The molecule has 0 saturated carbocycles. The Labute approximate surface area is 184 Å². The van der Waals surface area contributed by atoms with E-state index in [9.17, 15) is 18.3 Å². The summed E-state index contributed by atoms with van der Waals surface area (Å²) < 4.78 is 38.8. The number of carbonyl (C=O) groups is 1. The van der Waals surface area contributed by atoms with Crippen LogP contribution in [0.2, 0.25) is 0 Å². The Morgan fingerprint density at radius 2 is 1.75 bits per heavy atom. The molecule has 0 aliphatic carbocycles. The van der Waals surface area contributed by atoms with E-state index >= 15 is 0 Å². The van der Waals surface area contributed by atoms with Crippen LogP contribution in [0.3, 0.4) is 0 Å². The largest absolute Gasteiger partial charge is 0.480 e. The minimum atomic E-state index is -4.05. The summed E-state index contributed by atoms with van der Waals surface area (Å²) >= 11 is 0. The van der Waals surface area contributed by atoms with Crippen molar-refractivity contribution >= 4 is 37.9 Å². The van der Waals surface area contributed by atoms with Gasteiger partial charge < -0.3 is 14.3 Å². The second kappa shape index (κ2) is 8.21. The predicted molar refractivity (Wildman–Crippen MR) is 118 cm³/mol. The second-order valence-electron chi connectivity index (χ2n) is 7.61. The number of carboxylic acid groups (broad SMARTS) is 1. The number of methoxy groups -OCH3 is 1. The summed E-state index contributed by atoms with van der Waals surface area (Å²) in [5.74, 6) is -1.64. The first kappa shape index (κ1) is 21.7. The standard InChI is InChI=1S/C22H21N3O6S/c1-12(2)20(21(26)27)25-32(28,29)15-5-7-18-17(9-15)16-6-4-13(8-19(16)31-18)14-10-23-22(30-3)24-11-14/h4-12,20,25H,1-3H3,(H,26,27)/t20-/m1/s1. The van der Waals surface area contributed by atoms with Crippen molar-refractivity contribution in [1.82, 2.24) is 14.7 Å². The van der Waals surface area contributed by atoms with Gasteiger partial charge in [0.25, 0.3) is 0 Å². The molecule has 2 aromatic heterocycles. The van der Waals surface area contributed by atoms with Crippen LogP contribution < -0.4 is 9.46 Å². The van der Waals surface area contributed by atoms with Gasteiger partial charge in [-0.15, -0.1) is 0 Å². The Morgan fingerprint density at radius 3 is 2.38 bits per heavy atom. The lowest BCUT2D eigenvalue weighted by atomic mass is 10.1. The molecule has 10 heteroatoms. The van der Waals surface area contributed by atoms with Gasteiger partial charge >= 0.3 is 12.0 Å². The first-order chi connectivity index (χ1) is 15.2. The Kier molecular flexibility index (Phi) is 5.57. The number of furan rings is 1. The highest BCUT2D eigenvalue weighted by Crippen LogP contribution is 2.33. The van der Waals surface area contributed by atoms with E-state index in [1.165, 1.54) is 19.2 Å². The molecule has 0 aliphatic rings. The van der Waals surface area contributed by atoms with Gasteiger partial charge in [0.1, 0.15) is 17.2 Å². The molecule has 2 heterocycles. The van der Waals surface area contributed by atoms with Crippen LogP contribution in [0, 0.1) is 5.92 Å². The number of sulfonamides is 1. The smallest absolute Gasteiger partial charge is 0.322 e. The maximum atomic E-state index is 12.8. The quantitative estimate of drug-likeness (QED) is 0.433. The van der Waals surface area contributed by atoms with Crippen LogP contribution in [0.25, 0.3) is 33.1 Å². The van der Waals surface area contributed by atoms with Crippen LogP contribution in [0.5, 0.6) is 6.01 Å². The first-order valence-electron chi connectivity index (χ1n) is 9.77. The summed E-state index contributed by atoms with van der Waals surface area (Å²) in [6.07, 6.45) is 3.28. The Hall–Kier alpha value is -3.50. The number of nitrogens with zero attached hydrogens (tertiary/aromatic N) is 2. The third-order valence-corrected chi connectivity index (χ3v) is 6.55. The van der Waals surface area contributed by atoms with Gasteiger partial charge in [-0.25, -0.2) is 18.4 Å². The zero-order valence-corrected chi connectivity index (χ0v) is 18.4. The van der Waals surface area contributed by atoms with Crippen molar-refractivity contribution in [2.24, 2.45) is 5.92 Å². The molecule has 1 atom stereocenters. The summed E-state index contributed by atoms with van der Waals surface area (Å²) in [7, 11) is -2.56. The summed E-state index contributed by atoms with van der Waals surface area (Å²) in [5.41, 5.74) is 2.69. The average molecular weight is 455 g/mol. The molecule has 2 N–H and O–H groups in total. The summed E-state index contributed by atoms with van der Waals surface area (Å²) in [6, 6.07) is 9.00. The van der Waals surface area contributed by atoms with Crippen LogP contribution in [0.15, 0.2) is 58.1 Å². The zero-order chi connectivity index (χ0) is 23.0. The van der Waals surface area contributed by atoms with Crippen LogP contribution in [-0.2, 0) is 14.8 Å². The van der Waals surface area contributed by atoms with Gasteiger partial charge in [0.2, 0.25) is 10.0 Å². The number of fused-ring (bicyclic) bond motifs is 3. The van der Waals surface area contributed by atoms with Gasteiger partial charge in [0.05, 0.1) is 12.0 Å². The summed E-state index contributed by atoms with van der Waals surface area (Å²) in [6.45, 7) is 3.28. The molecule has 4 aromatic rings. The van der Waals surface area contributed by atoms with Crippen molar-refractivity contribution in [2.75, 3.05) is 7.11 Å². The van der Waals surface area contributed by atoms with Crippen molar-refractivity contribution in [3.63, 3.8) is 0 Å². The molecule has 0 radical (unpaired) electrons. The van der Waals surface area contributed by atoms with Gasteiger partial charge in [-0.2, -0.15) is 4.72 Å². The number of nitrogens with one attached hydrogen (secondary N) is 1. The van der Waals surface area contributed by atoms with Gasteiger partial charge in [-0.05, 0) is 41.8 Å². The van der Waals surface area contributed by atoms with E-state index < -0.39 is 28.0 Å². The maximum absolute atomic E-state index is 12.8. The van der Waals surface area contributed by atoms with Crippen molar-refractivity contribution in [2.45, 2.75) is 24.8 Å². The lowest BCUT2D eigenvalue weighted by molar-refractivity contribution is -0.140. The van der Waals surface area contributed by atoms with Gasteiger partial charge in [-0.1, -0.05) is 19.9 Å². The fourth-order valence-electron chi connectivity index (χ4n) is 3.38. The molecule has 0 amide bonds. The fourth-order valence-corrected chi connectivity index (χ4v) is 4.74. The third-order valence-electron chi connectivity index (χ3n) is 5.11. The Bertz CT molecular complexity index is 1410. The minimum absolute atomic E-state index is 0.0350. The number of carboxylic acids is 1. The minimum Gasteiger partial charge on any atom is -0.480 e. The number of hydrogen-bond acceptors (Lipinski definition) is 7. The van der Waals surface area contributed by atoms with Crippen molar-refractivity contribution in [1.29, 1.82) is 0 Å². The van der Waals surface area contributed by atoms with Crippen LogP contribution >= 0.6 is 0 Å². The van der Waals surface area contributed by atoms with E-state index in [1.54, 1.807) is 32.3 Å². The molecule has 32 heavy (non-hydrogen) atoms. The van der Waals surface area contributed by atoms with E-state index in [-0.39, 0.29) is 10.9 Å². The molecular formula is C22H21N3O6S. The van der Waals surface area contributed by atoms with E-state index in [0.717, 1.165) is 16.5 Å². The molecule has 166 valence electrons. The molecule has 0 aliphatic heterocycles. The highest BCUT2D eigenvalue weighted by molar-refractivity contribution is 7.89. The molecule has 4 rings (SSSR count).